The highest BCUT2D eigenvalue weighted by Gasteiger charge is 2.53. The SMILES string of the molecule is COC1CC(N2CCNC2=O)C1(C)C. The van der Waals surface area contributed by atoms with E-state index in [1.54, 1.807) is 7.11 Å². The van der Waals surface area contributed by atoms with Crippen molar-refractivity contribution in [3.8, 4) is 0 Å². The second-order valence-corrected chi connectivity index (χ2v) is 4.72. The number of carbonyl (C=O) groups excluding carboxylic acids is 1. The zero-order valence-corrected chi connectivity index (χ0v) is 9.04. The van der Waals surface area contributed by atoms with Crippen molar-refractivity contribution in [3.63, 3.8) is 0 Å². The van der Waals surface area contributed by atoms with Gasteiger partial charge in [0.05, 0.1) is 6.10 Å². The summed E-state index contributed by atoms with van der Waals surface area (Å²) in [5.41, 5.74) is 0.0937. The number of nitrogens with one attached hydrogen (secondary N) is 1. The Morgan fingerprint density at radius 1 is 1.57 bits per heavy atom. The maximum Gasteiger partial charge on any atom is 0.317 e. The van der Waals surface area contributed by atoms with Gasteiger partial charge in [-0.05, 0) is 6.42 Å². The molecule has 2 unspecified atom stereocenters. The molecule has 0 bridgehead atoms. The van der Waals surface area contributed by atoms with E-state index in [1.165, 1.54) is 0 Å². The minimum absolute atomic E-state index is 0.0811. The van der Waals surface area contributed by atoms with E-state index in [9.17, 15) is 4.79 Å². The Morgan fingerprint density at radius 2 is 2.29 bits per heavy atom. The lowest BCUT2D eigenvalue weighted by molar-refractivity contribution is -0.123. The van der Waals surface area contributed by atoms with E-state index < -0.39 is 0 Å². The van der Waals surface area contributed by atoms with Gasteiger partial charge in [0, 0.05) is 31.7 Å². The first-order valence-corrected chi connectivity index (χ1v) is 5.14. The molecular formula is C10H18N2O2. The predicted molar refractivity (Wildman–Crippen MR) is 53.1 cm³/mol. The number of carbonyl (C=O) groups is 1. The van der Waals surface area contributed by atoms with Crippen LogP contribution in [0.5, 0.6) is 0 Å². The van der Waals surface area contributed by atoms with Crippen molar-refractivity contribution < 1.29 is 9.53 Å². The van der Waals surface area contributed by atoms with Crippen LogP contribution in [0.3, 0.4) is 0 Å². The minimum Gasteiger partial charge on any atom is -0.381 e. The molecule has 2 rings (SSSR count). The summed E-state index contributed by atoms with van der Waals surface area (Å²) < 4.78 is 5.37. The molecule has 2 atom stereocenters. The third kappa shape index (κ3) is 1.21. The minimum atomic E-state index is 0.0811. The molecule has 14 heavy (non-hydrogen) atoms. The van der Waals surface area contributed by atoms with Crippen molar-refractivity contribution in [1.29, 1.82) is 0 Å². The Bertz CT molecular complexity index is 253. The maximum atomic E-state index is 11.5. The average molecular weight is 198 g/mol. The fraction of sp³-hybridized carbons (Fsp3) is 0.900. The molecule has 0 aromatic rings. The van der Waals surface area contributed by atoms with E-state index in [2.05, 4.69) is 19.2 Å². The predicted octanol–water partition coefficient (Wildman–Crippen LogP) is 0.825. The monoisotopic (exact) mass is 198 g/mol. The first-order valence-electron chi connectivity index (χ1n) is 5.14. The van der Waals surface area contributed by atoms with E-state index in [0.717, 1.165) is 19.5 Å². The Morgan fingerprint density at radius 3 is 2.71 bits per heavy atom. The number of urea groups is 1. The maximum absolute atomic E-state index is 11.5. The van der Waals surface area contributed by atoms with E-state index in [1.807, 2.05) is 4.90 Å². The molecule has 0 aromatic carbocycles. The van der Waals surface area contributed by atoms with Crippen LogP contribution in [-0.2, 0) is 4.74 Å². The van der Waals surface area contributed by atoms with E-state index in [4.69, 9.17) is 4.74 Å². The molecule has 4 nitrogen and oxygen atoms in total. The lowest BCUT2D eigenvalue weighted by Gasteiger charge is -2.54. The molecule has 2 fully saturated rings. The number of ether oxygens (including phenoxy) is 1. The molecule has 1 N–H and O–H groups in total. The Hall–Kier alpha value is -0.770. The molecular weight excluding hydrogens is 180 g/mol. The number of methoxy groups -OCH3 is 1. The summed E-state index contributed by atoms with van der Waals surface area (Å²) >= 11 is 0. The largest absolute Gasteiger partial charge is 0.381 e. The first kappa shape index (κ1) is 9.77. The topological polar surface area (TPSA) is 41.6 Å². The fourth-order valence-corrected chi connectivity index (χ4v) is 2.58. The van der Waals surface area contributed by atoms with Gasteiger partial charge < -0.3 is 15.0 Å². The lowest BCUT2D eigenvalue weighted by atomic mass is 9.64. The van der Waals surface area contributed by atoms with Crippen LogP contribution in [0.4, 0.5) is 4.79 Å². The van der Waals surface area contributed by atoms with Crippen molar-refractivity contribution in [2.24, 2.45) is 5.41 Å². The normalized spacial score (nSPS) is 35.4. The average Bonchev–Trinajstić information content (AvgIpc) is 2.51. The molecule has 1 heterocycles. The van der Waals surface area contributed by atoms with Crippen LogP contribution in [0.25, 0.3) is 0 Å². The molecule has 80 valence electrons. The van der Waals surface area contributed by atoms with Crippen molar-refractivity contribution in [2.75, 3.05) is 20.2 Å². The quantitative estimate of drug-likeness (QED) is 0.714. The standard InChI is InChI=1S/C10H18N2O2/c1-10(2)7(6-8(10)14-3)12-5-4-11-9(12)13/h7-8H,4-6H2,1-3H3,(H,11,13). The molecule has 1 saturated heterocycles. The third-order valence-corrected chi connectivity index (χ3v) is 3.68. The summed E-state index contributed by atoms with van der Waals surface area (Å²) in [6, 6.07) is 0.424. The number of rotatable bonds is 2. The zero-order chi connectivity index (χ0) is 10.3. The number of hydrogen-bond acceptors (Lipinski definition) is 2. The van der Waals surface area contributed by atoms with Gasteiger partial charge in [-0.2, -0.15) is 0 Å². The highest BCUT2D eigenvalue weighted by molar-refractivity contribution is 5.76. The van der Waals surface area contributed by atoms with Crippen LogP contribution >= 0.6 is 0 Å². The molecule has 1 aliphatic heterocycles. The molecule has 0 aromatic heterocycles. The summed E-state index contributed by atoms with van der Waals surface area (Å²) in [5, 5.41) is 2.84. The Kier molecular flexibility index (Phi) is 2.18. The van der Waals surface area contributed by atoms with Gasteiger partial charge in [0.25, 0.3) is 0 Å². The summed E-state index contributed by atoms with van der Waals surface area (Å²) in [4.78, 5) is 13.4. The molecule has 4 heteroatoms. The van der Waals surface area contributed by atoms with Crippen molar-refractivity contribution in [3.05, 3.63) is 0 Å². The number of hydrogen-bond donors (Lipinski definition) is 1. The fourth-order valence-electron chi connectivity index (χ4n) is 2.58. The highest BCUT2D eigenvalue weighted by Crippen LogP contribution is 2.45. The van der Waals surface area contributed by atoms with Crippen LogP contribution in [-0.4, -0.2) is 43.3 Å². The van der Waals surface area contributed by atoms with E-state index >= 15 is 0 Å². The van der Waals surface area contributed by atoms with Gasteiger partial charge in [-0.3, -0.25) is 0 Å². The number of nitrogens with zero attached hydrogens (tertiary/aromatic N) is 1. The summed E-state index contributed by atoms with van der Waals surface area (Å²) in [5.74, 6) is 0. The van der Waals surface area contributed by atoms with Crippen LogP contribution < -0.4 is 5.32 Å². The Balaban J connectivity index is 2.04. The zero-order valence-electron chi connectivity index (χ0n) is 9.04. The third-order valence-electron chi connectivity index (χ3n) is 3.68. The van der Waals surface area contributed by atoms with Gasteiger partial charge in [-0.25, -0.2) is 4.79 Å². The molecule has 0 radical (unpaired) electrons. The van der Waals surface area contributed by atoms with Gasteiger partial charge >= 0.3 is 6.03 Å². The van der Waals surface area contributed by atoms with Gasteiger partial charge in [0.2, 0.25) is 0 Å². The summed E-state index contributed by atoms with van der Waals surface area (Å²) in [7, 11) is 1.74. The molecule has 1 saturated carbocycles. The molecule has 0 spiro atoms. The molecule has 2 aliphatic rings. The second kappa shape index (κ2) is 3.12. The van der Waals surface area contributed by atoms with E-state index in [0.29, 0.717) is 12.1 Å². The number of amides is 2. The van der Waals surface area contributed by atoms with Gasteiger partial charge in [0.1, 0.15) is 0 Å². The first-order chi connectivity index (χ1) is 6.57. The second-order valence-electron chi connectivity index (χ2n) is 4.72. The Labute approximate surface area is 84.6 Å². The molecule has 2 amide bonds. The van der Waals surface area contributed by atoms with Crippen molar-refractivity contribution in [1.82, 2.24) is 10.2 Å². The summed E-state index contributed by atoms with van der Waals surface area (Å²) in [6.07, 6.45) is 1.26. The van der Waals surface area contributed by atoms with Crippen LogP contribution in [0.15, 0.2) is 0 Å². The van der Waals surface area contributed by atoms with Gasteiger partial charge in [0.15, 0.2) is 0 Å². The summed E-state index contributed by atoms with van der Waals surface area (Å²) in [6.45, 7) is 5.95. The van der Waals surface area contributed by atoms with Gasteiger partial charge in [-0.15, -0.1) is 0 Å². The van der Waals surface area contributed by atoms with Crippen molar-refractivity contribution >= 4 is 6.03 Å². The van der Waals surface area contributed by atoms with E-state index in [-0.39, 0.29) is 11.4 Å². The highest BCUT2D eigenvalue weighted by atomic mass is 16.5. The van der Waals surface area contributed by atoms with Gasteiger partial charge in [-0.1, -0.05) is 13.8 Å². The molecule has 1 aliphatic carbocycles. The lowest BCUT2D eigenvalue weighted by Crippen LogP contribution is -2.62. The van der Waals surface area contributed by atoms with Crippen LogP contribution in [0.2, 0.25) is 0 Å². The van der Waals surface area contributed by atoms with Crippen LogP contribution in [0.1, 0.15) is 20.3 Å². The van der Waals surface area contributed by atoms with Crippen LogP contribution in [0, 0.1) is 5.41 Å². The van der Waals surface area contributed by atoms with Crippen molar-refractivity contribution in [2.45, 2.75) is 32.4 Å². The smallest absolute Gasteiger partial charge is 0.317 e.